The summed E-state index contributed by atoms with van der Waals surface area (Å²) < 4.78 is 11.1. The number of thiophene rings is 1. The molecule has 2 aromatic heterocycles. The number of methoxy groups -OCH3 is 2. The number of nitrogens with zero attached hydrogens (tertiary/aromatic N) is 1. The van der Waals surface area contributed by atoms with E-state index in [0.717, 1.165) is 26.6 Å². The molecule has 2 N–H and O–H groups in total. The zero-order chi connectivity index (χ0) is 24.1. The summed E-state index contributed by atoms with van der Waals surface area (Å²) in [4.78, 5) is 18.6. The molecule has 6 nitrogen and oxygen atoms in total. The summed E-state index contributed by atoms with van der Waals surface area (Å²) in [6.45, 7) is 4.13. The quantitative estimate of drug-likeness (QED) is 0.317. The van der Waals surface area contributed by atoms with E-state index in [9.17, 15) is 4.79 Å². The van der Waals surface area contributed by atoms with Crippen LogP contribution in [0.3, 0.4) is 0 Å². The fourth-order valence-electron chi connectivity index (χ4n) is 3.81. The van der Waals surface area contributed by atoms with Gasteiger partial charge in [-0.25, -0.2) is 4.98 Å². The lowest BCUT2D eigenvalue weighted by Crippen LogP contribution is -2.18. The maximum absolute atomic E-state index is 13.0. The summed E-state index contributed by atoms with van der Waals surface area (Å²) in [5.74, 6) is 1.94. The van der Waals surface area contributed by atoms with Gasteiger partial charge in [-0.15, -0.1) is 11.3 Å². The predicted molar refractivity (Wildman–Crippen MR) is 137 cm³/mol. The highest BCUT2D eigenvalue weighted by Crippen LogP contribution is 2.43. The molecule has 0 spiro atoms. The minimum Gasteiger partial charge on any atom is -0.497 e. The van der Waals surface area contributed by atoms with E-state index in [1.54, 1.807) is 43.9 Å². The van der Waals surface area contributed by atoms with Gasteiger partial charge in [0.2, 0.25) is 0 Å². The van der Waals surface area contributed by atoms with Gasteiger partial charge >= 0.3 is 0 Å². The number of rotatable bonds is 8. The van der Waals surface area contributed by atoms with Gasteiger partial charge in [0.25, 0.3) is 5.91 Å². The van der Waals surface area contributed by atoms with Crippen LogP contribution in [0.15, 0.2) is 72.9 Å². The van der Waals surface area contributed by atoms with E-state index in [-0.39, 0.29) is 11.9 Å². The number of aryl methyl sites for hydroxylation is 1. The maximum Gasteiger partial charge on any atom is 0.256 e. The molecule has 34 heavy (non-hydrogen) atoms. The van der Waals surface area contributed by atoms with E-state index in [0.29, 0.717) is 22.9 Å². The number of hydrogen-bond donors (Lipinski definition) is 2. The van der Waals surface area contributed by atoms with Crippen molar-refractivity contribution in [1.29, 1.82) is 0 Å². The van der Waals surface area contributed by atoms with E-state index < -0.39 is 0 Å². The van der Waals surface area contributed by atoms with E-state index in [1.807, 2.05) is 54.6 Å². The zero-order valence-corrected chi connectivity index (χ0v) is 20.4. The number of carbonyl (C=O) groups excluding carboxylic acids is 1. The van der Waals surface area contributed by atoms with Gasteiger partial charge in [-0.05, 0) is 55.8 Å². The molecule has 174 valence electrons. The van der Waals surface area contributed by atoms with E-state index in [2.05, 4.69) is 29.5 Å². The number of carbonyl (C=O) groups is 1. The van der Waals surface area contributed by atoms with Crippen LogP contribution in [0.5, 0.6) is 11.5 Å². The number of benzene rings is 2. The molecule has 0 bridgehead atoms. The maximum atomic E-state index is 13.0. The standard InChI is InChI=1S/C27H27N3O3S/c1-17-18(2)34-27(30-26(31)19-10-6-5-7-11-19)24(17)25(29-23-12-8-9-15-28-23)21-14-13-20(32-3)16-22(21)33-4/h5-16,25H,1-4H3,(H,28,29)(H,30,31)/t25-/m1/s1. The summed E-state index contributed by atoms with van der Waals surface area (Å²) in [5.41, 5.74) is 3.58. The molecule has 0 aliphatic carbocycles. The molecule has 0 radical (unpaired) electrons. The average molecular weight is 474 g/mol. The molecule has 1 amide bonds. The van der Waals surface area contributed by atoms with Crippen molar-refractivity contribution in [3.05, 3.63) is 100 Å². The second-order valence-electron chi connectivity index (χ2n) is 7.75. The fraction of sp³-hybridized carbons (Fsp3) is 0.185. The Morgan fingerprint density at radius 2 is 1.74 bits per heavy atom. The number of hydrogen-bond acceptors (Lipinski definition) is 6. The Hall–Kier alpha value is -3.84. The minimum atomic E-state index is -0.327. The number of ether oxygens (including phenoxy) is 2. The van der Waals surface area contributed by atoms with E-state index in [4.69, 9.17) is 9.47 Å². The number of anilines is 2. The lowest BCUT2D eigenvalue weighted by Gasteiger charge is -2.24. The first kappa shape index (κ1) is 23.3. The molecule has 2 heterocycles. The topological polar surface area (TPSA) is 72.5 Å². The van der Waals surface area contributed by atoms with Crippen molar-refractivity contribution in [2.75, 3.05) is 24.9 Å². The largest absolute Gasteiger partial charge is 0.497 e. The molecule has 0 aliphatic rings. The van der Waals surface area contributed by atoms with Gasteiger partial charge < -0.3 is 20.1 Å². The molecular weight excluding hydrogens is 446 g/mol. The van der Waals surface area contributed by atoms with Crippen LogP contribution in [0.2, 0.25) is 0 Å². The molecule has 0 saturated heterocycles. The third-order valence-electron chi connectivity index (χ3n) is 5.69. The smallest absolute Gasteiger partial charge is 0.256 e. The van der Waals surface area contributed by atoms with Crippen molar-refractivity contribution in [3.63, 3.8) is 0 Å². The molecule has 4 rings (SSSR count). The summed E-state index contributed by atoms with van der Waals surface area (Å²) in [6, 6.07) is 20.4. The minimum absolute atomic E-state index is 0.151. The van der Waals surface area contributed by atoms with Crippen LogP contribution in [0.1, 0.15) is 38.0 Å². The third kappa shape index (κ3) is 4.89. The Morgan fingerprint density at radius 3 is 2.41 bits per heavy atom. The van der Waals surface area contributed by atoms with Crippen molar-refractivity contribution in [1.82, 2.24) is 4.98 Å². The summed E-state index contributed by atoms with van der Waals surface area (Å²) in [6.07, 6.45) is 1.74. The second-order valence-corrected chi connectivity index (χ2v) is 8.97. The number of amides is 1. The van der Waals surface area contributed by atoms with Gasteiger partial charge in [0.15, 0.2) is 0 Å². The fourth-order valence-corrected chi connectivity index (χ4v) is 4.90. The van der Waals surface area contributed by atoms with Gasteiger partial charge in [-0.1, -0.05) is 24.3 Å². The van der Waals surface area contributed by atoms with Crippen LogP contribution in [0, 0.1) is 13.8 Å². The molecule has 2 aromatic carbocycles. The average Bonchev–Trinajstić information content (AvgIpc) is 3.15. The first-order valence-corrected chi connectivity index (χ1v) is 11.7. The summed E-state index contributed by atoms with van der Waals surface area (Å²) >= 11 is 1.56. The van der Waals surface area contributed by atoms with Gasteiger partial charge in [-0.3, -0.25) is 4.79 Å². The highest BCUT2D eigenvalue weighted by Gasteiger charge is 2.27. The Balaban J connectivity index is 1.83. The molecule has 4 aromatic rings. The lowest BCUT2D eigenvalue weighted by molar-refractivity contribution is 0.102. The van der Waals surface area contributed by atoms with Crippen LogP contribution in [-0.2, 0) is 0 Å². The zero-order valence-electron chi connectivity index (χ0n) is 19.6. The van der Waals surface area contributed by atoms with Crippen LogP contribution in [-0.4, -0.2) is 25.1 Å². The van der Waals surface area contributed by atoms with E-state index in [1.165, 1.54) is 0 Å². The number of aromatic nitrogens is 1. The van der Waals surface area contributed by atoms with Crippen molar-refractivity contribution < 1.29 is 14.3 Å². The van der Waals surface area contributed by atoms with Gasteiger partial charge in [-0.2, -0.15) is 0 Å². The second kappa shape index (κ2) is 10.4. The summed E-state index contributed by atoms with van der Waals surface area (Å²) in [7, 11) is 3.27. The molecule has 0 fully saturated rings. The van der Waals surface area contributed by atoms with Crippen LogP contribution in [0.4, 0.5) is 10.8 Å². The van der Waals surface area contributed by atoms with Crippen LogP contribution in [0.25, 0.3) is 0 Å². The van der Waals surface area contributed by atoms with Crippen molar-refractivity contribution in [3.8, 4) is 11.5 Å². The molecule has 7 heteroatoms. The highest BCUT2D eigenvalue weighted by molar-refractivity contribution is 7.16. The summed E-state index contributed by atoms with van der Waals surface area (Å²) in [5, 5.41) is 7.48. The number of pyridine rings is 1. The molecule has 0 aliphatic heterocycles. The predicted octanol–water partition coefficient (Wildman–Crippen LogP) is 6.23. The van der Waals surface area contributed by atoms with Crippen molar-refractivity contribution in [2.45, 2.75) is 19.9 Å². The normalized spacial score (nSPS) is 11.5. The van der Waals surface area contributed by atoms with Crippen molar-refractivity contribution >= 4 is 28.1 Å². The number of nitrogens with one attached hydrogen (secondary N) is 2. The Kier molecular flexibility index (Phi) is 7.13. The first-order valence-electron chi connectivity index (χ1n) is 10.9. The Labute approximate surface area is 203 Å². The first-order chi connectivity index (χ1) is 16.5. The Morgan fingerprint density at radius 1 is 0.971 bits per heavy atom. The molecule has 1 atom stereocenters. The van der Waals surface area contributed by atoms with E-state index >= 15 is 0 Å². The monoisotopic (exact) mass is 473 g/mol. The SMILES string of the molecule is COc1ccc([C@@H](Nc2ccccn2)c2c(NC(=O)c3ccccc3)sc(C)c2C)c(OC)c1. The third-order valence-corrected chi connectivity index (χ3v) is 6.83. The lowest BCUT2D eigenvalue weighted by atomic mass is 9.95. The van der Waals surface area contributed by atoms with Crippen molar-refractivity contribution in [2.24, 2.45) is 0 Å². The molecule has 0 saturated carbocycles. The molecule has 0 unspecified atom stereocenters. The van der Waals surface area contributed by atoms with Gasteiger partial charge in [0.1, 0.15) is 22.3 Å². The van der Waals surface area contributed by atoms with Crippen LogP contribution >= 0.6 is 11.3 Å². The van der Waals surface area contributed by atoms with Crippen LogP contribution < -0.4 is 20.1 Å². The molecular formula is C27H27N3O3S. The van der Waals surface area contributed by atoms with Gasteiger partial charge in [0, 0.05) is 33.8 Å². The van der Waals surface area contributed by atoms with Gasteiger partial charge in [0.05, 0.1) is 20.3 Å². The Bertz CT molecular complexity index is 1270. The highest BCUT2D eigenvalue weighted by atomic mass is 32.1.